The fourth-order valence-electron chi connectivity index (χ4n) is 1.65. The first kappa shape index (κ1) is 15.6. The summed E-state index contributed by atoms with van der Waals surface area (Å²) in [6, 6.07) is -0.880. The Bertz CT molecular complexity index is 457. The van der Waals surface area contributed by atoms with Crippen molar-refractivity contribution in [3.63, 3.8) is 0 Å². The molecule has 2 N–H and O–H groups in total. The fourth-order valence-corrected chi connectivity index (χ4v) is 2.37. The average Bonchev–Trinajstić information content (AvgIpc) is 2.76. The summed E-state index contributed by atoms with van der Waals surface area (Å²) in [6.07, 6.45) is 0.393. The average molecular weight is 285 g/mol. The van der Waals surface area contributed by atoms with Crippen LogP contribution in [0.2, 0.25) is 0 Å². The van der Waals surface area contributed by atoms with Gasteiger partial charge in [0.1, 0.15) is 10.9 Å². The van der Waals surface area contributed by atoms with Crippen molar-refractivity contribution in [3.05, 3.63) is 10.6 Å². The minimum absolute atomic E-state index is 0.0767. The van der Waals surface area contributed by atoms with Gasteiger partial charge in [0, 0.05) is 0 Å². The normalized spacial score (nSPS) is 12.7. The Hall–Kier alpha value is -1.50. The molecule has 1 amide bonds. The van der Waals surface area contributed by atoms with Crippen molar-refractivity contribution in [2.45, 2.75) is 46.1 Å². The van der Waals surface area contributed by atoms with E-state index in [1.165, 1.54) is 0 Å². The van der Waals surface area contributed by atoms with Crippen molar-refractivity contribution >= 4 is 23.4 Å². The van der Waals surface area contributed by atoms with Gasteiger partial charge in [-0.15, -0.1) is 5.10 Å². The zero-order valence-corrected chi connectivity index (χ0v) is 12.3. The van der Waals surface area contributed by atoms with Crippen LogP contribution in [-0.4, -0.2) is 32.6 Å². The maximum absolute atomic E-state index is 12.1. The fraction of sp³-hybridized carbons (Fsp3) is 0.667. The van der Waals surface area contributed by atoms with Crippen molar-refractivity contribution < 1.29 is 14.7 Å². The predicted octanol–water partition coefficient (Wildman–Crippen LogP) is 1.89. The second kappa shape index (κ2) is 6.60. The SMILES string of the molecule is CC(C)C[C@H](NC(=O)c1snnc1C(C)C)C(=O)O. The van der Waals surface area contributed by atoms with E-state index in [4.69, 9.17) is 5.11 Å². The smallest absolute Gasteiger partial charge is 0.326 e. The number of carboxylic acids is 1. The first-order valence-electron chi connectivity index (χ1n) is 6.18. The van der Waals surface area contributed by atoms with Gasteiger partial charge in [-0.25, -0.2) is 4.79 Å². The van der Waals surface area contributed by atoms with Gasteiger partial charge in [0.15, 0.2) is 0 Å². The van der Waals surface area contributed by atoms with Gasteiger partial charge in [-0.1, -0.05) is 32.2 Å². The van der Waals surface area contributed by atoms with Gasteiger partial charge in [-0.2, -0.15) is 0 Å². The molecule has 0 saturated carbocycles. The van der Waals surface area contributed by atoms with Gasteiger partial charge in [0.05, 0.1) is 5.69 Å². The lowest BCUT2D eigenvalue weighted by Gasteiger charge is -2.16. The molecule has 0 saturated heterocycles. The molecule has 0 spiro atoms. The Balaban J connectivity index is 2.82. The maximum Gasteiger partial charge on any atom is 0.326 e. The van der Waals surface area contributed by atoms with Crippen LogP contribution in [0.25, 0.3) is 0 Å². The molecule has 106 valence electrons. The molecule has 0 radical (unpaired) electrons. The second-order valence-electron chi connectivity index (χ2n) is 5.14. The van der Waals surface area contributed by atoms with Gasteiger partial charge < -0.3 is 10.4 Å². The summed E-state index contributed by atoms with van der Waals surface area (Å²) in [5.74, 6) is -1.17. The molecule has 7 heteroatoms. The van der Waals surface area contributed by atoms with Crippen LogP contribution in [0.5, 0.6) is 0 Å². The Labute approximate surface area is 116 Å². The van der Waals surface area contributed by atoms with Crippen molar-refractivity contribution in [3.8, 4) is 0 Å². The number of hydrogen-bond donors (Lipinski definition) is 2. The van der Waals surface area contributed by atoms with Crippen molar-refractivity contribution in [1.29, 1.82) is 0 Å². The number of nitrogens with one attached hydrogen (secondary N) is 1. The third-order valence-electron chi connectivity index (χ3n) is 2.58. The molecule has 0 fully saturated rings. The van der Waals surface area contributed by atoms with Crippen LogP contribution in [0.4, 0.5) is 0 Å². The molecule has 1 atom stereocenters. The summed E-state index contributed by atoms with van der Waals surface area (Å²) < 4.78 is 3.76. The number of carbonyl (C=O) groups excluding carboxylic acids is 1. The second-order valence-corrected chi connectivity index (χ2v) is 5.89. The molecule has 0 bridgehead atoms. The molecular weight excluding hydrogens is 266 g/mol. The number of hydrogen-bond acceptors (Lipinski definition) is 5. The highest BCUT2D eigenvalue weighted by Crippen LogP contribution is 2.20. The summed E-state index contributed by atoms with van der Waals surface area (Å²) in [4.78, 5) is 23.6. The molecule has 0 unspecified atom stereocenters. The minimum Gasteiger partial charge on any atom is -0.480 e. The highest BCUT2D eigenvalue weighted by Gasteiger charge is 2.25. The monoisotopic (exact) mass is 285 g/mol. The van der Waals surface area contributed by atoms with Crippen LogP contribution in [0.1, 0.15) is 55.4 Å². The number of amides is 1. The lowest BCUT2D eigenvalue weighted by molar-refractivity contribution is -0.139. The number of aromatic nitrogens is 2. The van der Waals surface area contributed by atoms with Crippen LogP contribution in [0.3, 0.4) is 0 Å². The summed E-state index contributed by atoms with van der Waals surface area (Å²) in [5.41, 5.74) is 0.608. The summed E-state index contributed by atoms with van der Waals surface area (Å²) in [7, 11) is 0. The Morgan fingerprint density at radius 3 is 2.42 bits per heavy atom. The molecule has 0 aliphatic carbocycles. The van der Waals surface area contributed by atoms with Crippen molar-refractivity contribution in [2.24, 2.45) is 5.92 Å². The Morgan fingerprint density at radius 1 is 1.32 bits per heavy atom. The highest BCUT2D eigenvalue weighted by atomic mass is 32.1. The van der Waals surface area contributed by atoms with Crippen LogP contribution < -0.4 is 5.32 Å². The summed E-state index contributed by atoms with van der Waals surface area (Å²) in [5, 5.41) is 15.6. The standard InChI is InChI=1S/C12H19N3O3S/c1-6(2)5-8(12(17)18)13-11(16)10-9(7(3)4)14-15-19-10/h6-8H,5H2,1-4H3,(H,13,16)(H,17,18)/t8-/m0/s1. The molecule has 0 aliphatic rings. The van der Waals surface area contributed by atoms with E-state index < -0.39 is 17.9 Å². The number of nitrogens with zero attached hydrogens (tertiary/aromatic N) is 2. The zero-order valence-electron chi connectivity index (χ0n) is 11.5. The quantitative estimate of drug-likeness (QED) is 0.832. The van der Waals surface area contributed by atoms with Crippen LogP contribution in [0.15, 0.2) is 0 Å². The van der Waals surface area contributed by atoms with E-state index in [9.17, 15) is 9.59 Å². The van der Waals surface area contributed by atoms with Gasteiger partial charge in [-0.05, 0) is 29.8 Å². The lowest BCUT2D eigenvalue weighted by Crippen LogP contribution is -2.41. The van der Waals surface area contributed by atoms with E-state index >= 15 is 0 Å². The van der Waals surface area contributed by atoms with E-state index in [0.29, 0.717) is 17.0 Å². The lowest BCUT2D eigenvalue weighted by atomic mass is 10.0. The van der Waals surface area contributed by atoms with E-state index in [1.54, 1.807) is 0 Å². The summed E-state index contributed by atoms with van der Waals surface area (Å²) in [6.45, 7) is 7.65. The van der Waals surface area contributed by atoms with E-state index in [2.05, 4.69) is 14.9 Å². The molecule has 19 heavy (non-hydrogen) atoms. The summed E-state index contributed by atoms with van der Waals surface area (Å²) >= 11 is 0.992. The molecule has 1 aromatic rings. The van der Waals surface area contributed by atoms with Crippen LogP contribution in [0, 0.1) is 5.92 Å². The zero-order chi connectivity index (χ0) is 14.6. The van der Waals surface area contributed by atoms with Gasteiger partial charge >= 0.3 is 5.97 Å². The van der Waals surface area contributed by atoms with E-state index in [1.807, 2.05) is 27.7 Å². The highest BCUT2D eigenvalue weighted by molar-refractivity contribution is 7.08. The molecule has 1 aromatic heterocycles. The number of rotatable bonds is 6. The maximum atomic E-state index is 12.1. The third kappa shape index (κ3) is 4.27. The van der Waals surface area contributed by atoms with Gasteiger partial charge in [-0.3, -0.25) is 4.79 Å². The van der Waals surface area contributed by atoms with Crippen LogP contribution in [-0.2, 0) is 4.79 Å². The Morgan fingerprint density at radius 2 is 1.95 bits per heavy atom. The molecular formula is C12H19N3O3S. The molecule has 0 aliphatic heterocycles. The Kier molecular flexibility index (Phi) is 5.41. The molecule has 1 heterocycles. The topological polar surface area (TPSA) is 92.2 Å². The number of aliphatic carboxylic acids is 1. The first-order valence-corrected chi connectivity index (χ1v) is 6.96. The largest absolute Gasteiger partial charge is 0.480 e. The number of carboxylic acid groups (broad SMARTS) is 1. The van der Waals surface area contributed by atoms with Gasteiger partial charge in [0.25, 0.3) is 5.91 Å². The van der Waals surface area contributed by atoms with Crippen molar-refractivity contribution in [2.75, 3.05) is 0 Å². The molecule has 1 rings (SSSR count). The van der Waals surface area contributed by atoms with Crippen molar-refractivity contribution in [1.82, 2.24) is 14.9 Å². The molecule has 0 aromatic carbocycles. The molecule has 6 nitrogen and oxygen atoms in total. The minimum atomic E-state index is -1.02. The predicted molar refractivity (Wildman–Crippen MR) is 72.3 cm³/mol. The number of carbonyl (C=O) groups is 2. The van der Waals surface area contributed by atoms with E-state index in [-0.39, 0.29) is 11.8 Å². The third-order valence-corrected chi connectivity index (χ3v) is 3.32. The van der Waals surface area contributed by atoms with E-state index in [0.717, 1.165) is 11.5 Å². The van der Waals surface area contributed by atoms with Crippen LogP contribution >= 0.6 is 11.5 Å². The van der Waals surface area contributed by atoms with Gasteiger partial charge in [0.2, 0.25) is 0 Å². The first-order chi connectivity index (χ1) is 8.82.